The monoisotopic (exact) mass is 222 g/mol. The lowest BCUT2D eigenvalue weighted by molar-refractivity contribution is 1.17. The van der Waals surface area contributed by atoms with Gasteiger partial charge in [-0.1, -0.05) is 30.3 Å². The molecule has 2 nitrogen and oxygen atoms in total. The third kappa shape index (κ3) is 1.72. The molecule has 0 saturated carbocycles. The van der Waals surface area contributed by atoms with Gasteiger partial charge in [0.25, 0.3) is 0 Å². The number of aromatic amines is 1. The second-order valence-electron chi connectivity index (χ2n) is 4.38. The van der Waals surface area contributed by atoms with Crippen LogP contribution in [0, 0.1) is 13.8 Å². The smallest absolute Gasteiger partial charge is 0.104 e. The lowest BCUT2D eigenvalue weighted by Gasteiger charge is -2.03. The van der Waals surface area contributed by atoms with Gasteiger partial charge in [-0.05, 0) is 42.7 Å². The zero-order valence-electron chi connectivity index (χ0n) is 9.99. The standard InChI is InChI=1S/C15H14N2/c1-10-8-13(12-6-4-3-5-7-12)9-14-15(10)17-11(2)16-14/h3-9H,1-2H3,(H,16,17). The van der Waals surface area contributed by atoms with Gasteiger partial charge in [0, 0.05) is 0 Å². The van der Waals surface area contributed by atoms with Crippen molar-refractivity contribution < 1.29 is 0 Å². The van der Waals surface area contributed by atoms with Gasteiger partial charge in [0.15, 0.2) is 0 Å². The summed E-state index contributed by atoms with van der Waals surface area (Å²) in [6, 6.07) is 14.8. The van der Waals surface area contributed by atoms with Gasteiger partial charge in [0.1, 0.15) is 5.82 Å². The number of nitrogens with one attached hydrogen (secondary N) is 1. The minimum absolute atomic E-state index is 0.966. The van der Waals surface area contributed by atoms with E-state index in [4.69, 9.17) is 0 Å². The minimum Gasteiger partial charge on any atom is -0.342 e. The first kappa shape index (κ1) is 10.1. The molecule has 0 radical (unpaired) electrons. The molecule has 3 aromatic rings. The summed E-state index contributed by atoms with van der Waals surface area (Å²) < 4.78 is 0. The molecule has 0 bridgehead atoms. The number of nitrogens with zero attached hydrogens (tertiary/aromatic N) is 1. The van der Waals surface area contributed by atoms with Crippen molar-refractivity contribution in [3.63, 3.8) is 0 Å². The van der Waals surface area contributed by atoms with Crippen LogP contribution in [0.15, 0.2) is 42.5 Å². The zero-order valence-corrected chi connectivity index (χ0v) is 9.99. The van der Waals surface area contributed by atoms with E-state index >= 15 is 0 Å². The molecule has 0 spiro atoms. The highest BCUT2D eigenvalue weighted by molar-refractivity contribution is 5.85. The summed E-state index contributed by atoms with van der Waals surface area (Å²) in [5, 5.41) is 0. The van der Waals surface area contributed by atoms with Crippen LogP contribution >= 0.6 is 0 Å². The number of aromatic nitrogens is 2. The van der Waals surface area contributed by atoms with Crippen molar-refractivity contribution in [3.8, 4) is 11.1 Å². The largest absolute Gasteiger partial charge is 0.342 e. The van der Waals surface area contributed by atoms with Crippen LogP contribution in [0.4, 0.5) is 0 Å². The first-order chi connectivity index (χ1) is 8.24. The number of fused-ring (bicyclic) bond motifs is 1. The second-order valence-corrected chi connectivity index (χ2v) is 4.38. The molecule has 0 fully saturated rings. The maximum absolute atomic E-state index is 4.49. The first-order valence-electron chi connectivity index (χ1n) is 5.76. The Labute approximate surface area is 100 Å². The SMILES string of the molecule is Cc1nc2c(C)cc(-c3ccccc3)cc2[nH]1. The average Bonchev–Trinajstić information content (AvgIpc) is 2.71. The minimum atomic E-state index is 0.966. The molecule has 0 unspecified atom stereocenters. The molecule has 17 heavy (non-hydrogen) atoms. The highest BCUT2D eigenvalue weighted by Gasteiger charge is 2.06. The lowest BCUT2D eigenvalue weighted by atomic mass is 10.0. The van der Waals surface area contributed by atoms with Gasteiger partial charge in [-0.25, -0.2) is 4.98 Å². The van der Waals surface area contributed by atoms with Gasteiger partial charge < -0.3 is 4.98 Å². The predicted molar refractivity (Wildman–Crippen MR) is 71.0 cm³/mol. The van der Waals surface area contributed by atoms with Gasteiger partial charge in [0.05, 0.1) is 11.0 Å². The Morgan fingerprint density at radius 2 is 1.71 bits per heavy atom. The third-order valence-electron chi connectivity index (χ3n) is 3.00. The maximum atomic E-state index is 4.49. The number of imidazole rings is 1. The Morgan fingerprint density at radius 1 is 0.941 bits per heavy atom. The van der Waals surface area contributed by atoms with E-state index < -0.39 is 0 Å². The van der Waals surface area contributed by atoms with Gasteiger partial charge in [-0.15, -0.1) is 0 Å². The average molecular weight is 222 g/mol. The Bertz CT molecular complexity index is 666. The van der Waals surface area contributed by atoms with Crippen molar-refractivity contribution in [2.75, 3.05) is 0 Å². The van der Waals surface area contributed by atoms with Crippen molar-refractivity contribution in [3.05, 3.63) is 53.9 Å². The van der Waals surface area contributed by atoms with Crippen LogP contribution in [-0.2, 0) is 0 Å². The fraction of sp³-hybridized carbons (Fsp3) is 0.133. The van der Waals surface area contributed by atoms with Gasteiger partial charge in [-0.2, -0.15) is 0 Å². The Hall–Kier alpha value is -2.09. The van der Waals surface area contributed by atoms with Crippen molar-refractivity contribution in [2.45, 2.75) is 13.8 Å². The summed E-state index contributed by atoms with van der Waals surface area (Å²) in [4.78, 5) is 7.79. The highest BCUT2D eigenvalue weighted by atomic mass is 14.9. The van der Waals surface area contributed by atoms with Crippen LogP contribution in [0.1, 0.15) is 11.4 Å². The first-order valence-corrected chi connectivity index (χ1v) is 5.76. The van der Waals surface area contributed by atoms with Gasteiger partial charge in [-0.3, -0.25) is 0 Å². The summed E-state index contributed by atoms with van der Waals surface area (Å²) in [5.74, 6) is 0.966. The van der Waals surface area contributed by atoms with Crippen LogP contribution in [0.5, 0.6) is 0 Å². The van der Waals surface area contributed by atoms with E-state index in [2.05, 4.69) is 53.3 Å². The van der Waals surface area contributed by atoms with Crippen molar-refractivity contribution in [1.29, 1.82) is 0 Å². The van der Waals surface area contributed by atoms with Crippen molar-refractivity contribution in [1.82, 2.24) is 9.97 Å². The molecule has 2 aromatic carbocycles. The number of aryl methyl sites for hydroxylation is 2. The number of rotatable bonds is 1. The number of benzene rings is 2. The van der Waals surface area contributed by atoms with E-state index in [1.165, 1.54) is 16.7 Å². The van der Waals surface area contributed by atoms with E-state index in [9.17, 15) is 0 Å². The predicted octanol–water partition coefficient (Wildman–Crippen LogP) is 3.85. The Morgan fingerprint density at radius 3 is 2.47 bits per heavy atom. The van der Waals surface area contributed by atoms with Crippen LogP contribution in [0.3, 0.4) is 0 Å². The summed E-state index contributed by atoms with van der Waals surface area (Å²) in [5.41, 5.74) is 5.87. The van der Waals surface area contributed by atoms with E-state index in [-0.39, 0.29) is 0 Å². The molecule has 0 aliphatic carbocycles. The summed E-state index contributed by atoms with van der Waals surface area (Å²) in [6.45, 7) is 4.09. The molecular formula is C15H14N2. The van der Waals surface area contributed by atoms with Crippen LogP contribution < -0.4 is 0 Å². The van der Waals surface area contributed by atoms with Crippen LogP contribution in [0.25, 0.3) is 22.2 Å². The summed E-state index contributed by atoms with van der Waals surface area (Å²) in [6.07, 6.45) is 0. The summed E-state index contributed by atoms with van der Waals surface area (Å²) in [7, 11) is 0. The van der Waals surface area contributed by atoms with Crippen molar-refractivity contribution >= 4 is 11.0 Å². The molecule has 1 heterocycles. The number of hydrogen-bond donors (Lipinski definition) is 1. The van der Waals surface area contributed by atoms with E-state index in [1.807, 2.05) is 13.0 Å². The van der Waals surface area contributed by atoms with E-state index in [0.29, 0.717) is 0 Å². The lowest BCUT2D eigenvalue weighted by Crippen LogP contribution is -1.82. The summed E-state index contributed by atoms with van der Waals surface area (Å²) >= 11 is 0. The molecule has 0 aliphatic rings. The van der Waals surface area contributed by atoms with Gasteiger partial charge in [0.2, 0.25) is 0 Å². The molecule has 1 aromatic heterocycles. The number of H-pyrrole nitrogens is 1. The van der Waals surface area contributed by atoms with Crippen LogP contribution in [0.2, 0.25) is 0 Å². The molecule has 0 aliphatic heterocycles. The zero-order chi connectivity index (χ0) is 11.8. The highest BCUT2D eigenvalue weighted by Crippen LogP contribution is 2.25. The molecule has 3 rings (SSSR count). The molecular weight excluding hydrogens is 208 g/mol. The van der Waals surface area contributed by atoms with E-state index in [0.717, 1.165) is 16.9 Å². The van der Waals surface area contributed by atoms with Crippen molar-refractivity contribution in [2.24, 2.45) is 0 Å². The fourth-order valence-corrected chi connectivity index (χ4v) is 2.21. The maximum Gasteiger partial charge on any atom is 0.104 e. The van der Waals surface area contributed by atoms with Gasteiger partial charge >= 0.3 is 0 Å². The number of hydrogen-bond acceptors (Lipinski definition) is 1. The fourth-order valence-electron chi connectivity index (χ4n) is 2.21. The third-order valence-corrected chi connectivity index (χ3v) is 3.00. The van der Waals surface area contributed by atoms with E-state index in [1.54, 1.807) is 0 Å². The molecule has 0 amide bonds. The topological polar surface area (TPSA) is 28.7 Å². The Kier molecular flexibility index (Phi) is 2.22. The molecule has 0 atom stereocenters. The normalized spacial score (nSPS) is 10.9. The second kappa shape index (κ2) is 3.74. The molecule has 2 heteroatoms. The van der Waals surface area contributed by atoms with Crippen LogP contribution in [-0.4, -0.2) is 9.97 Å². The molecule has 1 N–H and O–H groups in total. The Balaban J connectivity index is 2.25. The molecule has 84 valence electrons. The quantitative estimate of drug-likeness (QED) is 0.665. The molecule has 0 saturated heterocycles.